The fourth-order valence-corrected chi connectivity index (χ4v) is 3.52. The second kappa shape index (κ2) is 4.61. The number of fused-ring (bicyclic) bond motifs is 2. The van der Waals surface area contributed by atoms with E-state index in [9.17, 15) is 5.11 Å². The molecule has 92 valence electrons. The van der Waals surface area contributed by atoms with Crippen LogP contribution in [0.4, 0.5) is 5.69 Å². The van der Waals surface area contributed by atoms with Crippen molar-refractivity contribution in [1.29, 1.82) is 0 Å². The summed E-state index contributed by atoms with van der Waals surface area (Å²) in [6.45, 7) is 2.04. The van der Waals surface area contributed by atoms with Crippen LogP contribution < -0.4 is 5.32 Å². The minimum atomic E-state index is -0.664. The number of nitrogens with one attached hydrogen (secondary N) is 1. The molecule has 0 aliphatic carbocycles. The van der Waals surface area contributed by atoms with Crippen LogP contribution in [0.15, 0.2) is 50.7 Å². The van der Waals surface area contributed by atoms with Gasteiger partial charge in [-0.25, -0.2) is 0 Å². The second-order valence-electron chi connectivity index (χ2n) is 4.23. The predicted octanol–water partition coefficient (Wildman–Crippen LogP) is 4.33. The van der Waals surface area contributed by atoms with E-state index in [1.54, 1.807) is 11.8 Å². The van der Waals surface area contributed by atoms with E-state index < -0.39 is 6.23 Å². The molecule has 0 saturated heterocycles. The van der Waals surface area contributed by atoms with Gasteiger partial charge in [-0.15, -0.1) is 0 Å². The number of hydrogen-bond acceptors (Lipinski definition) is 3. The number of anilines is 1. The first kappa shape index (κ1) is 12.1. The van der Waals surface area contributed by atoms with Crippen LogP contribution in [0, 0.1) is 6.92 Å². The highest BCUT2D eigenvalue weighted by molar-refractivity contribution is 9.10. The monoisotopic (exact) mass is 321 g/mol. The van der Waals surface area contributed by atoms with Gasteiger partial charge in [-0.3, -0.25) is 0 Å². The lowest BCUT2D eigenvalue weighted by atomic mass is 10.1. The largest absolute Gasteiger partial charge is 0.369 e. The molecular formula is C14H12BrNOS. The lowest BCUT2D eigenvalue weighted by molar-refractivity contribution is 0.205. The van der Waals surface area contributed by atoms with Gasteiger partial charge < -0.3 is 10.4 Å². The fraction of sp³-hybridized carbons (Fsp3) is 0.143. The summed E-state index contributed by atoms with van der Waals surface area (Å²) in [5, 5.41) is 13.5. The molecule has 4 heteroatoms. The minimum Gasteiger partial charge on any atom is -0.369 e. The van der Waals surface area contributed by atoms with Gasteiger partial charge in [0.15, 0.2) is 6.23 Å². The van der Waals surface area contributed by atoms with Gasteiger partial charge in [0.1, 0.15) is 0 Å². The molecule has 1 heterocycles. The van der Waals surface area contributed by atoms with Crippen molar-refractivity contribution < 1.29 is 5.11 Å². The van der Waals surface area contributed by atoms with Crippen LogP contribution in [-0.4, -0.2) is 5.11 Å². The van der Waals surface area contributed by atoms with Gasteiger partial charge in [0, 0.05) is 19.8 Å². The van der Waals surface area contributed by atoms with Crippen molar-refractivity contribution in [3.63, 3.8) is 0 Å². The molecule has 0 spiro atoms. The third kappa shape index (κ3) is 1.94. The van der Waals surface area contributed by atoms with Crippen LogP contribution in [0.5, 0.6) is 0 Å². The van der Waals surface area contributed by atoms with Gasteiger partial charge in [0.2, 0.25) is 0 Å². The SMILES string of the molecule is Cc1c(Br)ccc2c1NC(O)c1ccccc1S2. The Morgan fingerprint density at radius 3 is 2.78 bits per heavy atom. The number of aliphatic hydroxyl groups is 1. The van der Waals surface area contributed by atoms with Gasteiger partial charge in [-0.2, -0.15) is 0 Å². The average Bonchev–Trinajstić information content (AvgIpc) is 2.52. The van der Waals surface area contributed by atoms with Gasteiger partial charge in [0.25, 0.3) is 0 Å². The number of halogens is 1. The molecule has 3 rings (SSSR count). The van der Waals surface area contributed by atoms with Gasteiger partial charge in [-0.05, 0) is 30.7 Å². The molecule has 1 aliphatic rings. The van der Waals surface area contributed by atoms with E-state index in [2.05, 4.69) is 27.3 Å². The number of rotatable bonds is 0. The second-order valence-corrected chi connectivity index (χ2v) is 6.17. The Balaban J connectivity index is 2.18. The molecule has 0 fully saturated rings. The van der Waals surface area contributed by atoms with E-state index in [4.69, 9.17) is 0 Å². The smallest absolute Gasteiger partial charge is 0.151 e. The van der Waals surface area contributed by atoms with Crippen molar-refractivity contribution in [3.05, 3.63) is 52.0 Å². The minimum absolute atomic E-state index is 0.664. The first-order valence-corrected chi connectivity index (χ1v) is 7.28. The summed E-state index contributed by atoms with van der Waals surface area (Å²) in [5.74, 6) is 0. The highest BCUT2D eigenvalue weighted by Gasteiger charge is 2.21. The van der Waals surface area contributed by atoms with Gasteiger partial charge in [0.05, 0.1) is 5.69 Å². The van der Waals surface area contributed by atoms with Gasteiger partial charge >= 0.3 is 0 Å². The molecule has 1 atom stereocenters. The first-order valence-electron chi connectivity index (χ1n) is 5.67. The lowest BCUT2D eigenvalue weighted by Gasteiger charge is -2.16. The Morgan fingerprint density at radius 2 is 1.94 bits per heavy atom. The maximum atomic E-state index is 10.3. The van der Waals surface area contributed by atoms with Crippen LogP contribution in [0.1, 0.15) is 17.4 Å². The Labute approximate surface area is 119 Å². The molecule has 0 saturated carbocycles. The molecule has 2 nitrogen and oxygen atoms in total. The molecule has 2 N–H and O–H groups in total. The van der Waals surface area contributed by atoms with Crippen LogP contribution >= 0.6 is 27.7 Å². The molecule has 2 aromatic rings. The zero-order valence-electron chi connectivity index (χ0n) is 9.77. The summed E-state index contributed by atoms with van der Waals surface area (Å²) >= 11 is 5.21. The van der Waals surface area contributed by atoms with E-state index in [0.29, 0.717) is 0 Å². The lowest BCUT2D eigenvalue weighted by Crippen LogP contribution is -2.10. The third-order valence-electron chi connectivity index (χ3n) is 3.08. The van der Waals surface area contributed by atoms with E-state index in [1.165, 1.54) is 0 Å². The predicted molar refractivity (Wildman–Crippen MR) is 78.0 cm³/mol. The van der Waals surface area contributed by atoms with Crippen molar-refractivity contribution in [2.24, 2.45) is 0 Å². The number of hydrogen-bond donors (Lipinski definition) is 2. The molecule has 1 aliphatic heterocycles. The Morgan fingerprint density at radius 1 is 1.17 bits per heavy atom. The summed E-state index contributed by atoms with van der Waals surface area (Å²) in [6.07, 6.45) is -0.664. The van der Waals surface area contributed by atoms with Gasteiger partial charge in [-0.1, -0.05) is 45.9 Å². The first-order chi connectivity index (χ1) is 8.66. The van der Waals surface area contributed by atoms with Crippen molar-refractivity contribution in [2.45, 2.75) is 22.9 Å². The summed E-state index contributed by atoms with van der Waals surface area (Å²) < 4.78 is 1.05. The van der Waals surface area contributed by atoms with Crippen LogP contribution in [0.2, 0.25) is 0 Å². The normalized spacial score (nSPS) is 17.4. The van der Waals surface area contributed by atoms with E-state index >= 15 is 0 Å². The zero-order valence-corrected chi connectivity index (χ0v) is 12.2. The quantitative estimate of drug-likeness (QED) is 0.757. The number of benzene rings is 2. The average molecular weight is 322 g/mol. The molecule has 1 unspecified atom stereocenters. The molecule has 0 amide bonds. The van der Waals surface area contributed by atoms with Crippen molar-refractivity contribution in [2.75, 3.05) is 5.32 Å². The Kier molecular flexibility index (Phi) is 3.09. The summed E-state index contributed by atoms with van der Waals surface area (Å²) in [7, 11) is 0. The Hall–Kier alpha value is -0.970. The summed E-state index contributed by atoms with van der Waals surface area (Å²) in [4.78, 5) is 2.23. The third-order valence-corrected chi connectivity index (χ3v) is 5.09. The molecule has 2 aromatic carbocycles. The highest BCUT2D eigenvalue weighted by Crippen LogP contribution is 2.44. The van der Waals surface area contributed by atoms with Crippen LogP contribution in [0.25, 0.3) is 0 Å². The highest BCUT2D eigenvalue weighted by atomic mass is 79.9. The van der Waals surface area contributed by atoms with E-state index in [1.807, 2.05) is 37.3 Å². The zero-order chi connectivity index (χ0) is 12.7. The van der Waals surface area contributed by atoms with Crippen LogP contribution in [-0.2, 0) is 0 Å². The summed E-state index contributed by atoms with van der Waals surface area (Å²) in [6, 6.07) is 12.0. The van der Waals surface area contributed by atoms with E-state index in [-0.39, 0.29) is 0 Å². The fourth-order valence-electron chi connectivity index (χ4n) is 2.06. The molecule has 0 radical (unpaired) electrons. The van der Waals surface area contributed by atoms with Crippen molar-refractivity contribution in [1.82, 2.24) is 0 Å². The van der Waals surface area contributed by atoms with Crippen molar-refractivity contribution in [3.8, 4) is 0 Å². The maximum Gasteiger partial charge on any atom is 0.151 e. The maximum absolute atomic E-state index is 10.3. The molecule has 0 bridgehead atoms. The van der Waals surface area contributed by atoms with Crippen LogP contribution in [0.3, 0.4) is 0 Å². The Bertz CT molecular complexity index is 615. The topological polar surface area (TPSA) is 32.3 Å². The van der Waals surface area contributed by atoms with Crippen molar-refractivity contribution >= 4 is 33.4 Å². The standard InChI is InChI=1S/C14H12BrNOS/c1-8-10(15)6-7-12-13(8)16-14(17)9-4-2-3-5-11(9)18-12/h2-7,14,16-17H,1H3. The molecule has 0 aromatic heterocycles. The van der Waals surface area contributed by atoms with E-state index in [0.717, 1.165) is 31.1 Å². The summed E-state index contributed by atoms with van der Waals surface area (Å²) in [5.41, 5.74) is 3.04. The molecule has 18 heavy (non-hydrogen) atoms. The number of aliphatic hydroxyl groups excluding tert-OH is 1. The molecular weight excluding hydrogens is 310 g/mol.